The van der Waals surface area contributed by atoms with Gasteiger partial charge in [-0.25, -0.2) is 0 Å². The molecule has 0 radical (unpaired) electrons. The van der Waals surface area contributed by atoms with Crippen LogP contribution in [0.3, 0.4) is 0 Å². The van der Waals surface area contributed by atoms with Crippen LogP contribution in [0.15, 0.2) is 53.1 Å². The molecule has 3 aromatic rings. The molecule has 2 heterocycles. The van der Waals surface area contributed by atoms with Gasteiger partial charge in [0.05, 0.1) is 0 Å². The summed E-state index contributed by atoms with van der Waals surface area (Å²) in [5.74, 6) is 0.332. The van der Waals surface area contributed by atoms with Crippen molar-refractivity contribution in [2.24, 2.45) is 0 Å². The minimum absolute atomic E-state index is 0.0143. The Morgan fingerprint density at radius 1 is 1.17 bits per heavy atom. The van der Waals surface area contributed by atoms with Gasteiger partial charge in [0, 0.05) is 17.8 Å². The lowest BCUT2D eigenvalue weighted by molar-refractivity contribution is -0.120. The predicted molar refractivity (Wildman–Crippen MR) is 84.5 cm³/mol. The van der Waals surface area contributed by atoms with E-state index in [1.165, 1.54) is 0 Å². The fourth-order valence-corrected chi connectivity index (χ4v) is 2.18. The van der Waals surface area contributed by atoms with E-state index in [0.29, 0.717) is 23.2 Å². The van der Waals surface area contributed by atoms with Crippen molar-refractivity contribution in [3.05, 3.63) is 65.1 Å². The summed E-state index contributed by atoms with van der Waals surface area (Å²) in [5, 5.41) is 11.2. The van der Waals surface area contributed by atoms with Crippen molar-refractivity contribution in [2.75, 3.05) is 0 Å². The molecule has 7 heteroatoms. The number of halogens is 1. The Bertz CT molecular complexity index is 805. The largest absolute Gasteiger partial charge is 0.419 e. The van der Waals surface area contributed by atoms with Crippen LogP contribution in [0.1, 0.15) is 11.5 Å². The van der Waals surface area contributed by atoms with E-state index in [1.54, 1.807) is 30.5 Å². The highest BCUT2D eigenvalue weighted by atomic mass is 35.5. The molecule has 6 nitrogen and oxygen atoms in total. The van der Waals surface area contributed by atoms with Crippen LogP contribution in [0.2, 0.25) is 5.02 Å². The van der Waals surface area contributed by atoms with Gasteiger partial charge in [0.1, 0.15) is 12.1 Å². The van der Waals surface area contributed by atoms with E-state index in [2.05, 4.69) is 20.5 Å². The molecule has 0 atom stereocenters. The molecule has 0 aliphatic rings. The normalized spacial score (nSPS) is 10.5. The molecule has 0 unspecified atom stereocenters. The first-order valence-electron chi connectivity index (χ1n) is 6.95. The van der Waals surface area contributed by atoms with Crippen molar-refractivity contribution >= 4 is 17.5 Å². The molecule has 3 rings (SSSR count). The molecule has 0 fully saturated rings. The summed E-state index contributed by atoms with van der Waals surface area (Å²) in [6.07, 6.45) is 1.65. The predicted octanol–water partition coefficient (Wildman–Crippen LogP) is 2.64. The number of nitrogens with zero attached hydrogens (tertiary/aromatic N) is 3. The molecule has 116 valence electrons. The van der Waals surface area contributed by atoms with E-state index in [4.69, 9.17) is 16.0 Å². The molecule has 1 amide bonds. The van der Waals surface area contributed by atoms with E-state index in [-0.39, 0.29) is 18.2 Å². The van der Waals surface area contributed by atoms with Gasteiger partial charge in [-0.15, -0.1) is 10.2 Å². The van der Waals surface area contributed by atoms with Crippen molar-refractivity contribution in [3.63, 3.8) is 0 Å². The molecular weight excluding hydrogens is 316 g/mol. The van der Waals surface area contributed by atoms with Crippen molar-refractivity contribution < 1.29 is 9.21 Å². The van der Waals surface area contributed by atoms with E-state index in [9.17, 15) is 4.79 Å². The van der Waals surface area contributed by atoms with E-state index >= 15 is 0 Å². The quantitative estimate of drug-likeness (QED) is 0.778. The number of carbonyl (C=O) groups excluding carboxylic acids is 1. The van der Waals surface area contributed by atoms with Crippen LogP contribution in [-0.2, 0) is 17.8 Å². The highest BCUT2D eigenvalue weighted by molar-refractivity contribution is 6.30. The zero-order valence-corrected chi connectivity index (χ0v) is 12.8. The number of hydrogen-bond acceptors (Lipinski definition) is 5. The molecule has 1 N–H and O–H groups in total. The van der Waals surface area contributed by atoms with Crippen LogP contribution >= 0.6 is 11.6 Å². The third kappa shape index (κ3) is 4.14. The molecule has 0 spiro atoms. The van der Waals surface area contributed by atoms with Crippen LogP contribution < -0.4 is 5.32 Å². The summed E-state index contributed by atoms with van der Waals surface area (Å²) in [7, 11) is 0. The minimum Gasteiger partial charge on any atom is -0.419 e. The zero-order chi connectivity index (χ0) is 16.1. The second-order valence-corrected chi connectivity index (χ2v) is 5.24. The number of aromatic nitrogens is 3. The Kier molecular flexibility index (Phi) is 4.63. The summed E-state index contributed by atoms with van der Waals surface area (Å²) in [6.45, 7) is 0.390. The van der Waals surface area contributed by atoms with Crippen molar-refractivity contribution in [2.45, 2.75) is 13.0 Å². The smallest absolute Gasteiger partial charge is 0.266 e. The maximum Gasteiger partial charge on any atom is 0.266 e. The van der Waals surface area contributed by atoms with E-state index < -0.39 is 0 Å². The Morgan fingerprint density at radius 2 is 2.09 bits per heavy atom. The summed E-state index contributed by atoms with van der Waals surface area (Å²) in [6, 6.07) is 12.7. The average Bonchev–Trinajstić information content (AvgIpc) is 3.02. The number of pyridine rings is 1. The molecule has 0 saturated heterocycles. The second kappa shape index (κ2) is 7.02. The number of rotatable bonds is 5. The van der Waals surface area contributed by atoms with Crippen molar-refractivity contribution in [3.8, 4) is 11.6 Å². The molecular formula is C16H13ClN4O2. The summed E-state index contributed by atoms with van der Waals surface area (Å²) in [4.78, 5) is 16.0. The van der Waals surface area contributed by atoms with Gasteiger partial charge in [0.15, 0.2) is 0 Å². The fraction of sp³-hybridized carbons (Fsp3) is 0.125. The number of hydrogen-bond donors (Lipinski definition) is 1. The van der Waals surface area contributed by atoms with Crippen LogP contribution in [-0.4, -0.2) is 21.1 Å². The number of amides is 1. The Labute approximate surface area is 137 Å². The van der Waals surface area contributed by atoms with Gasteiger partial charge in [-0.2, -0.15) is 0 Å². The maximum atomic E-state index is 11.9. The molecule has 1 aromatic carbocycles. The topological polar surface area (TPSA) is 80.9 Å². The molecule has 0 bridgehead atoms. The standard InChI is InChI=1S/C16H13ClN4O2/c17-12-5-3-4-11(8-12)10-19-14(22)9-15-20-21-16(23-15)13-6-1-2-7-18-13/h1-8H,9-10H2,(H,19,22). The van der Waals surface area contributed by atoms with E-state index in [0.717, 1.165) is 5.56 Å². The molecule has 23 heavy (non-hydrogen) atoms. The van der Waals surface area contributed by atoms with Crippen molar-refractivity contribution in [1.82, 2.24) is 20.5 Å². The van der Waals surface area contributed by atoms with Gasteiger partial charge >= 0.3 is 0 Å². The minimum atomic E-state index is -0.207. The molecule has 0 aliphatic carbocycles. The van der Waals surface area contributed by atoms with Gasteiger partial charge in [0.2, 0.25) is 11.8 Å². The van der Waals surface area contributed by atoms with Gasteiger partial charge in [0.25, 0.3) is 5.89 Å². The first kappa shape index (κ1) is 15.2. The van der Waals surface area contributed by atoms with Crippen molar-refractivity contribution in [1.29, 1.82) is 0 Å². The van der Waals surface area contributed by atoms with Crippen LogP contribution in [0.4, 0.5) is 0 Å². The lowest BCUT2D eigenvalue weighted by atomic mass is 10.2. The maximum absolute atomic E-state index is 11.9. The SMILES string of the molecule is O=C(Cc1nnc(-c2ccccn2)o1)NCc1cccc(Cl)c1. The molecule has 0 saturated carbocycles. The van der Waals surface area contributed by atoms with Gasteiger partial charge in [-0.3, -0.25) is 9.78 Å². The Morgan fingerprint density at radius 3 is 2.87 bits per heavy atom. The Balaban J connectivity index is 1.57. The first-order valence-corrected chi connectivity index (χ1v) is 7.33. The number of benzene rings is 1. The zero-order valence-electron chi connectivity index (χ0n) is 12.1. The fourth-order valence-electron chi connectivity index (χ4n) is 1.97. The lowest BCUT2D eigenvalue weighted by Crippen LogP contribution is -2.24. The highest BCUT2D eigenvalue weighted by Crippen LogP contribution is 2.14. The first-order chi connectivity index (χ1) is 11.2. The summed E-state index contributed by atoms with van der Waals surface area (Å²) >= 11 is 5.90. The van der Waals surface area contributed by atoms with Gasteiger partial charge < -0.3 is 9.73 Å². The highest BCUT2D eigenvalue weighted by Gasteiger charge is 2.12. The van der Waals surface area contributed by atoms with Gasteiger partial charge in [-0.05, 0) is 29.8 Å². The summed E-state index contributed by atoms with van der Waals surface area (Å²) in [5.41, 5.74) is 1.50. The third-order valence-corrected chi connectivity index (χ3v) is 3.28. The average molecular weight is 329 g/mol. The molecule has 0 aliphatic heterocycles. The van der Waals surface area contributed by atoms with Crippen LogP contribution in [0.25, 0.3) is 11.6 Å². The monoisotopic (exact) mass is 328 g/mol. The molecule has 2 aromatic heterocycles. The number of nitrogens with one attached hydrogen (secondary N) is 1. The lowest BCUT2D eigenvalue weighted by Gasteiger charge is -2.04. The second-order valence-electron chi connectivity index (χ2n) is 4.80. The number of carbonyl (C=O) groups is 1. The van der Waals surface area contributed by atoms with Gasteiger partial charge in [-0.1, -0.05) is 29.8 Å². The van der Waals surface area contributed by atoms with Crippen LogP contribution in [0, 0.1) is 0 Å². The van der Waals surface area contributed by atoms with E-state index in [1.807, 2.05) is 18.2 Å². The summed E-state index contributed by atoms with van der Waals surface area (Å²) < 4.78 is 5.44. The third-order valence-electron chi connectivity index (χ3n) is 3.04. The van der Waals surface area contributed by atoms with Crippen LogP contribution in [0.5, 0.6) is 0 Å². The Hall–Kier alpha value is -2.73.